The van der Waals surface area contributed by atoms with Crippen LogP contribution in [0.15, 0.2) is 12.1 Å². The Labute approximate surface area is 102 Å². The molecule has 0 bridgehead atoms. The summed E-state index contributed by atoms with van der Waals surface area (Å²) in [5.74, 6) is 0.785. The average Bonchev–Trinajstić information content (AvgIpc) is 2.28. The van der Waals surface area contributed by atoms with Crippen molar-refractivity contribution in [1.29, 1.82) is 0 Å². The van der Waals surface area contributed by atoms with Crippen LogP contribution in [0.5, 0.6) is 11.5 Å². The Kier molecular flexibility index (Phi) is 5.22. The minimum absolute atomic E-state index is 0.0303. The zero-order valence-corrected chi connectivity index (χ0v) is 10.8. The molecule has 0 unspecified atom stereocenters. The minimum atomic E-state index is -0.302. The highest BCUT2D eigenvalue weighted by Gasteiger charge is 2.14. The van der Waals surface area contributed by atoms with E-state index < -0.39 is 0 Å². The first-order chi connectivity index (χ1) is 8.08. The molecule has 0 spiro atoms. The molecular formula is C13H20FNO2. The Hall–Kier alpha value is -1.29. The van der Waals surface area contributed by atoms with E-state index in [1.165, 1.54) is 19.2 Å². The summed E-state index contributed by atoms with van der Waals surface area (Å²) in [5, 5.41) is 3.03. The van der Waals surface area contributed by atoms with Crippen LogP contribution in [0, 0.1) is 5.82 Å². The third kappa shape index (κ3) is 3.89. The van der Waals surface area contributed by atoms with Crippen LogP contribution in [0.3, 0.4) is 0 Å². The summed E-state index contributed by atoms with van der Waals surface area (Å²) in [6.45, 7) is 4.64. The lowest BCUT2D eigenvalue weighted by molar-refractivity contribution is 0.227. The summed E-state index contributed by atoms with van der Waals surface area (Å²) in [5.41, 5.74) is 0.824. The maximum Gasteiger partial charge on any atom is 0.164 e. The quantitative estimate of drug-likeness (QED) is 0.829. The maximum atomic E-state index is 13.4. The van der Waals surface area contributed by atoms with E-state index in [2.05, 4.69) is 5.32 Å². The number of hydrogen-bond acceptors (Lipinski definition) is 3. The van der Waals surface area contributed by atoms with Gasteiger partial charge in [0.15, 0.2) is 11.5 Å². The third-order valence-corrected chi connectivity index (χ3v) is 2.31. The number of ether oxygens (including phenoxy) is 2. The van der Waals surface area contributed by atoms with Gasteiger partial charge in [-0.15, -0.1) is 0 Å². The number of benzene rings is 1. The maximum absolute atomic E-state index is 13.4. The van der Waals surface area contributed by atoms with Crippen LogP contribution in [0.4, 0.5) is 4.39 Å². The third-order valence-electron chi connectivity index (χ3n) is 2.31. The molecule has 0 amide bonds. The van der Waals surface area contributed by atoms with Gasteiger partial charge in [-0.3, -0.25) is 0 Å². The molecule has 96 valence electrons. The molecule has 0 aliphatic rings. The van der Waals surface area contributed by atoms with Gasteiger partial charge < -0.3 is 14.8 Å². The first-order valence-electron chi connectivity index (χ1n) is 5.76. The van der Waals surface area contributed by atoms with Crippen molar-refractivity contribution in [2.24, 2.45) is 0 Å². The molecule has 1 aromatic carbocycles. The molecule has 4 heteroatoms. The standard InChI is InChI=1S/C13H20FNO2/c1-9(2)17-13-10(5-6-15-3)7-11(14)8-12(13)16-4/h7-9,15H,5-6H2,1-4H3. The summed E-state index contributed by atoms with van der Waals surface area (Å²) in [6, 6.07) is 2.85. The summed E-state index contributed by atoms with van der Waals surface area (Å²) in [6.07, 6.45) is 0.731. The van der Waals surface area contributed by atoms with Gasteiger partial charge in [0.05, 0.1) is 13.2 Å². The Morgan fingerprint density at radius 3 is 2.59 bits per heavy atom. The van der Waals surface area contributed by atoms with Crippen molar-refractivity contribution in [2.45, 2.75) is 26.4 Å². The fourth-order valence-corrected chi connectivity index (χ4v) is 1.59. The normalized spacial score (nSPS) is 10.7. The summed E-state index contributed by atoms with van der Waals surface area (Å²) in [4.78, 5) is 0. The van der Waals surface area contributed by atoms with E-state index in [1.54, 1.807) is 0 Å². The van der Waals surface area contributed by atoms with Gasteiger partial charge in [-0.05, 0) is 39.9 Å². The lowest BCUT2D eigenvalue weighted by atomic mass is 10.1. The molecule has 0 fully saturated rings. The number of methoxy groups -OCH3 is 1. The summed E-state index contributed by atoms with van der Waals surface area (Å²) in [7, 11) is 3.38. The predicted molar refractivity (Wildman–Crippen MR) is 66.3 cm³/mol. The van der Waals surface area contributed by atoms with E-state index in [4.69, 9.17) is 9.47 Å². The smallest absolute Gasteiger partial charge is 0.164 e. The monoisotopic (exact) mass is 241 g/mol. The number of nitrogens with one attached hydrogen (secondary N) is 1. The molecule has 3 nitrogen and oxygen atoms in total. The fraction of sp³-hybridized carbons (Fsp3) is 0.538. The van der Waals surface area contributed by atoms with Crippen LogP contribution in [0.1, 0.15) is 19.4 Å². The molecular weight excluding hydrogens is 221 g/mol. The number of halogens is 1. The van der Waals surface area contributed by atoms with Crippen LogP contribution in [0.2, 0.25) is 0 Å². The van der Waals surface area contributed by atoms with Gasteiger partial charge in [0, 0.05) is 11.6 Å². The van der Waals surface area contributed by atoms with Gasteiger partial charge in [-0.25, -0.2) is 4.39 Å². The molecule has 0 saturated carbocycles. The Balaban J connectivity index is 3.08. The molecule has 0 aliphatic carbocycles. The molecule has 0 aromatic heterocycles. The van der Waals surface area contributed by atoms with Crippen molar-refractivity contribution in [3.05, 3.63) is 23.5 Å². The van der Waals surface area contributed by atoms with Crippen molar-refractivity contribution >= 4 is 0 Å². The van der Waals surface area contributed by atoms with Crippen molar-refractivity contribution in [3.8, 4) is 11.5 Å². The van der Waals surface area contributed by atoms with E-state index in [0.29, 0.717) is 17.9 Å². The highest BCUT2D eigenvalue weighted by Crippen LogP contribution is 2.33. The highest BCUT2D eigenvalue weighted by molar-refractivity contribution is 5.47. The van der Waals surface area contributed by atoms with Crippen molar-refractivity contribution in [1.82, 2.24) is 5.32 Å². The van der Waals surface area contributed by atoms with Gasteiger partial charge in [0.2, 0.25) is 0 Å². The zero-order chi connectivity index (χ0) is 12.8. The lowest BCUT2D eigenvalue weighted by Gasteiger charge is -2.17. The number of rotatable bonds is 6. The second-order valence-electron chi connectivity index (χ2n) is 4.12. The van der Waals surface area contributed by atoms with Crippen molar-refractivity contribution in [2.75, 3.05) is 20.7 Å². The molecule has 0 atom stereocenters. The summed E-state index contributed by atoms with van der Waals surface area (Å²) >= 11 is 0. The fourth-order valence-electron chi connectivity index (χ4n) is 1.59. The second-order valence-corrected chi connectivity index (χ2v) is 4.12. The van der Waals surface area contributed by atoms with Crippen molar-refractivity contribution < 1.29 is 13.9 Å². The molecule has 0 heterocycles. The molecule has 0 aliphatic heterocycles. The van der Waals surface area contributed by atoms with Crippen LogP contribution in [-0.2, 0) is 6.42 Å². The lowest BCUT2D eigenvalue weighted by Crippen LogP contribution is -2.14. The van der Waals surface area contributed by atoms with Crippen LogP contribution in [-0.4, -0.2) is 26.8 Å². The van der Waals surface area contributed by atoms with E-state index in [9.17, 15) is 4.39 Å². The van der Waals surface area contributed by atoms with Crippen LogP contribution >= 0.6 is 0 Å². The first kappa shape index (κ1) is 13.8. The van der Waals surface area contributed by atoms with Gasteiger partial charge in [0.25, 0.3) is 0 Å². The Morgan fingerprint density at radius 1 is 1.35 bits per heavy atom. The zero-order valence-electron chi connectivity index (χ0n) is 10.8. The van der Waals surface area contributed by atoms with Crippen LogP contribution in [0.25, 0.3) is 0 Å². The van der Waals surface area contributed by atoms with E-state index in [1.807, 2.05) is 20.9 Å². The Morgan fingerprint density at radius 2 is 2.06 bits per heavy atom. The van der Waals surface area contributed by atoms with E-state index in [-0.39, 0.29) is 11.9 Å². The van der Waals surface area contributed by atoms with Gasteiger partial charge in [-0.1, -0.05) is 0 Å². The van der Waals surface area contributed by atoms with Gasteiger partial charge >= 0.3 is 0 Å². The summed E-state index contributed by atoms with van der Waals surface area (Å²) < 4.78 is 24.3. The molecule has 0 saturated heterocycles. The molecule has 17 heavy (non-hydrogen) atoms. The predicted octanol–water partition coefficient (Wildman–Crippen LogP) is 2.38. The molecule has 1 N–H and O–H groups in total. The number of likely N-dealkylation sites (N-methyl/N-ethyl adjacent to an activating group) is 1. The largest absolute Gasteiger partial charge is 0.493 e. The minimum Gasteiger partial charge on any atom is -0.493 e. The number of hydrogen-bond donors (Lipinski definition) is 1. The van der Waals surface area contributed by atoms with Crippen molar-refractivity contribution in [3.63, 3.8) is 0 Å². The van der Waals surface area contributed by atoms with E-state index >= 15 is 0 Å². The topological polar surface area (TPSA) is 30.5 Å². The van der Waals surface area contributed by atoms with E-state index in [0.717, 1.165) is 12.1 Å². The van der Waals surface area contributed by atoms with Gasteiger partial charge in [0.1, 0.15) is 5.82 Å². The van der Waals surface area contributed by atoms with Crippen LogP contribution < -0.4 is 14.8 Å². The molecule has 1 rings (SSSR count). The average molecular weight is 241 g/mol. The second kappa shape index (κ2) is 6.45. The molecule has 1 aromatic rings. The highest BCUT2D eigenvalue weighted by atomic mass is 19.1. The first-order valence-corrected chi connectivity index (χ1v) is 5.76. The Bertz CT molecular complexity index is 367. The SMILES string of the molecule is CNCCc1cc(F)cc(OC)c1OC(C)C. The van der Waals surface area contributed by atoms with Gasteiger partial charge in [-0.2, -0.15) is 0 Å². The molecule has 0 radical (unpaired) electrons.